The lowest BCUT2D eigenvalue weighted by Crippen LogP contribution is -2.24. The molecule has 9 heteroatoms. The summed E-state index contributed by atoms with van der Waals surface area (Å²) in [6, 6.07) is 17.4. The van der Waals surface area contributed by atoms with Gasteiger partial charge in [-0.25, -0.2) is 10.2 Å². The fourth-order valence-corrected chi connectivity index (χ4v) is 3.51. The Bertz CT molecular complexity index is 1250. The molecule has 1 amide bonds. The molecular weight excluding hydrogens is 488 g/mol. The van der Waals surface area contributed by atoms with E-state index in [4.69, 9.17) is 23.7 Å². The first kappa shape index (κ1) is 28.0. The molecule has 0 aliphatic rings. The first-order chi connectivity index (χ1) is 18.4. The van der Waals surface area contributed by atoms with Gasteiger partial charge in [-0.3, -0.25) is 4.79 Å². The van der Waals surface area contributed by atoms with Gasteiger partial charge in [0.25, 0.3) is 5.91 Å². The van der Waals surface area contributed by atoms with Crippen LogP contribution in [0.2, 0.25) is 0 Å². The van der Waals surface area contributed by atoms with Gasteiger partial charge in [0.05, 0.1) is 33.1 Å². The van der Waals surface area contributed by atoms with Crippen molar-refractivity contribution in [2.24, 2.45) is 5.10 Å². The van der Waals surface area contributed by atoms with E-state index in [1.807, 2.05) is 24.3 Å². The second-order valence-corrected chi connectivity index (χ2v) is 8.34. The van der Waals surface area contributed by atoms with Crippen LogP contribution in [0.4, 0.5) is 0 Å². The van der Waals surface area contributed by atoms with Crippen LogP contribution < -0.4 is 29.1 Å². The van der Waals surface area contributed by atoms with Gasteiger partial charge in [0.1, 0.15) is 11.5 Å². The van der Waals surface area contributed by atoms with Gasteiger partial charge in [-0.15, -0.1) is 0 Å². The third kappa shape index (κ3) is 7.49. The number of ether oxygens (including phenoxy) is 5. The molecule has 0 aromatic heterocycles. The quantitative estimate of drug-likeness (QED) is 0.156. The number of hydrogen-bond donors (Lipinski definition) is 1. The number of methoxy groups -OCH3 is 3. The van der Waals surface area contributed by atoms with Crippen LogP contribution in [0, 0.1) is 0 Å². The molecule has 0 aliphatic carbocycles. The zero-order valence-electron chi connectivity index (χ0n) is 22.1. The third-order valence-corrected chi connectivity index (χ3v) is 5.80. The number of benzene rings is 3. The van der Waals surface area contributed by atoms with Crippen molar-refractivity contribution in [1.29, 1.82) is 0 Å². The van der Waals surface area contributed by atoms with Crippen LogP contribution in [0.25, 0.3) is 0 Å². The summed E-state index contributed by atoms with van der Waals surface area (Å²) in [6.07, 6.45) is 2.49. The zero-order valence-corrected chi connectivity index (χ0v) is 22.1. The first-order valence-electron chi connectivity index (χ1n) is 12.0. The number of hydrogen-bond acceptors (Lipinski definition) is 8. The van der Waals surface area contributed by atoms with E-state index < -0.39 is 11.9 Å². The van der Waals surface area contributed by atoms with Crippen molar-refractivity contribution in [1.82, 2.24) is 5.43 Å². The number of carbonyl (C=O) groups excluding carboxylic acids is 2. The molecule has 1 atom stereocenters. The van der Waals surface area contributed by atoms with Crippen molar-refractivity contribution >= 4 is 18.1 Å². The SMILES string of the molecule is CCC(C)c1ccc(OCC(=O)NN=Cc2cccc(OC(=O)c3cc(OC)c(OC)c(OC)c3)c2)cc1. The summed E-state index contributed by atoms with van der Waals surface area (Å²) in [4.78, 5) is 24.8. The fourth-order valence-electron chi connectivity index (χ4n) is 3.51. The summed E-state index contributed by atoms with van der Waals surface area (Å²) >= 11 is 0. The van der Waals surface area contributed by atoms with E-state index in [0.29, 0.717) is 40.2 Å². The standard InChI is InChI=1S/C29H32N2O7/c1-6-19(2)21-10-12-23(13-11-21)37-18-27(32)31-30-17-20-8-7-9-24(14-20)38-29(33)22-15-25(34-3)28(36-5)26(16-22)35-4/h7-17,19H,6,18H2,1-5H3,(H,31,32). The number of nitrogens with one attached hydrogen (secondary N) is 1. The number of rotatable bonds is 12. The molecule has 0 bridgehead atoms. The van der Waals surface area contributed by atoms with Gasteiger partial charge in [-0.2, -0.15) is 5.10 Å². The van der Waals surface area contributed by atoms with E-state index in [9.17, 15) is 9.59 Å². The molecule has 1 unspecified atom stereocenters. The van der Waals surface area contributed by atoms with E-state index in [1.165, 1.54) is 45.2 Å². The van der Waals surface area contributed by atoms with Gasteiger partial charge in [-0.05, 0) is 59.9 Å². The highest BCUT2D eigenvalue weighted by atomic mass is 16.5. The van der Waals surface area contributed by atoms with Crippen molar-refractivity contribution in [3.05, 3.63) is 77.4 Å². The number of hydrazone groups is 1. The smallest absolute Gasteiger partial charge is 0.343 e. The lowest BCUT2D eigenvalue weighted by atomic mass is 9.99. The van der Waals surface area contributed by atoms with Crippen LogP contribution in [0.3, 0.4) is 0 Å². The number of amides is 1. The van der Waals surface area contributed by atoms with Crippen molar-refractivity contribution in [3.63, 3.8) is 0 Å². The van der Waals surface area contributed by atoms with Gasteiger partial charge < -0.3 is 23.7 Å². The van der Waals surface area contributed by atoms with Crippen LogP contribution >= 0.6 is 0 Å². The minimum absolute atomic E-state index is 0.174. The lowest BCUT2D eigenvalue weighted by Gasteiger charge is -2.13. The molecule has 0 aliphatic heterocycles. The Balaban J connectivity index is 1.56. The molecule has 0 saturated heterocycles. The highest BCUT2D eigenvalue weighted by Gasteiger charge is 2.18. The molecule has 38 heavy (non-hydrogen) atoms. The van der Waals surface area contributed by atoms with Crippen LogP contribution in [-0.2, 0) is 4.79 Å². The second kappa shape index (κ2) is 13.7. The van der Waals surface area contributed by atoms with Gasteiger partial charge in [0, 0.05) is 0 Å². The van der Waals surface area contributed by atoms with E-state index in [2.05, 4.69) is 24.4 Å². The molecule has 0 fully saturated rings. The fraction of sp³-hybridized carbons (Fsp3) is 0.276. The van der Waals surface area contributed by atoms with Crippen LogP contribution in [0.5, 0.6) is 28.7 Å². The van der Waals surface area contributed by atoms with Crippen molar-refractivity contribution in [2.75, 3.05) is 27.9 Å². The Hall–Kier alpha value is -4.53. The molecule has 0 heterocycles. The summed E-state index contributed by atoms with van der Waals surface area (Å²) in [5.74, 6) is 1.40. The Morgan fingerprint density at radius 2 is 1.61 bits per heavy atom. The van der Waals surface area contributed by atoms with E-state index >= 15 is 0 Å². The zero-order chi connectivity index (χ0) is 27.5. The number of carbonyl (C=O) groups is 2. The largest absolute Gasteiger partial charge is 0.493 e. The van der Waals surface area contributed by atoms with E-state index in [0.717, 1.165) is 6.42 Å². The molecule has 0 spiro atoms. The Morgan fingerprint density at radius 3 is 2.21 bits per heavy atom. The van der Waals surface area contributed by atoms with Crippen LogP contribution in [0.1, 0.15) is 47.7 Å². The predicted molar refractivity (Wildman–Crippen MR) is 144 cm³/mol. The molecule has 1 N–H and O–H groups in total. The Kier molecular flexibility index (Phi) is 10.1. The number of esters is 1. The topological polar surface area (TPSA) is 105 Å². The normalized spacial score (nSPS) is 11.5. The number of nitrogens with zero attached hydrogens (tertiary/aromatic N) is 1. The predicted octanol–water partition coefficient (Wildman–Crippen LogP) is 4.97. The molecule has 3 rings (SSSR count). The summed E-state index contributed by atoms with van der Waals surface area (Å²) in [5, 5.41) is 3.95. The van der Waals surface area contributed by atoms with Crippen molar-refractivity contribution in [2.45, 2.75) is 26.2 Å². The van der Waals surface area contributed by atoms with Gasteiger partial charge in [-0.1, -0.05) is 38.1 Å². The maximum atomic E-state index is 12.7. The maximum Gasteiger partial charge on any atom is 0.343 e. The van der Waals surface area contributed by atoms with Crippen molar-refractivity contribution < 1.29 is 33.3 Å². The maximum absolute atomic E-state index is 12.7. The molecule has 3 aromatic rings. The monoisotopic (exact) mass is 520 g/mol. The van der Waals surface area contributed by atoms with E-state index in [1.54, 1.807) is 24.3 Å². The van der Waals surface area contributed by atoms with Crippen LogP contribution in [0.15, 0.2) is 65.8 Å². The average molecular weight is 521 g/mol. The highest BCUT2D eigenvalue weighted by Crippen LogP contribution is 2.38. The third-order valence-electron chi connectivity index (χ3n) is 5.80. The lowest BCUT2D eigenvalue weighted by molar-refractivity contribution is -0.123. The summed E-state index contributed by atoms with van der Waals surface area (Å²) in [5.41, 5.74) is 4.48. The second-order valence-electron chi connectivity index (χ2n) is 8.34. The average Bonchev–Trinajstić information content (AvgIpc) is 2.95. The molecular formula is C29H32N2O7. The molecule has 3 aromatic carbocycles. The van der Waals surface area contributed by atoms with Gasteiger partial charge in [0.2, 0.25) is 5.75 Å². The molecule has 0 saturated carbocycles. The molecule has 0 radical (unpaired) electrons. The van der Waals surface area contributed by atoms with Gasteiger partial charge in [0.15, 0.2) is 18.1 Å². The first-order valence-corrected chi connectivity index (χ1v) is 12.0. The Labute approximate surface area is 222 Å². The van der Waals surface area contributed by atoms with Crippen LogP contribution in [-0.4, -0.2) is 46.0 Å². The molecule has 200 valence electrons. The van der Waals surface area contributed by atoms with Crippen molar-refractivity contribution in [3.8, 4) is 28.7 Å². The minimum Gasteiger partial charge on any atom is -0.493 e. The minimum atomic E-state index is -0.610. The summed E-state index contributed by atoms with van der Waals surface area (Å²) in [7, 11) is 4.41. The van der Waals surface area contributed by atoms with E-state index in [-0.39, 0.29) is 12.2 Å². The highest BCUT2D eigenvalue weighted by molar-refractivity contribution is 5.93. The van der Waals surface area contributed by atoms with Gasteiger partial charge >= 0.3 is 5.97 Å². The Morgan fingerprint density at radius 1 is 0.921 bits per heavy atom. The summed E-state index contributed by atoms with van der Waals surface area (Å²) in [6.45, 7) is 4.13. The summed E-state index contributed by atoms with van der Waals surface area (Å²) < 4.78 is 26.9. The molecule has 9 nitrogen and oxygen atoms in total.